The molecule has 0 unspecified atom stereocenters. The molecular weight excluding hydrogens is 414 g/mol. The fourth-order valence-electron chi connectivity index (χ4n) is 5.44. The Hall–Kier alpha value is -2.48. The van der Waals surface area contributed by atoms with Gasteiger partial charge in [-0.05, 0) is 81.6 Å². The predicted molar refractivity (Wildman–Crippen MR) is 115 cm³/mol. The molecule has 5 aliphatic rings. The summed E-state index contributed by atoms with van der Waals surface area (Å²) >= 11 is 1.53. The van der Waals surface area contributed by atoms with Crippen LogP contribution in [0.4, 0.5) is 5.00 Å². The van der Waals surface area contributed by atoms with Crippen LogP contribution in [0.1, 0.15) is 79.5 Å². The van der Waals surface area contributed by atoms with Crippen molar-refractivity contribution in [1.29, 1.82) is 0 Å². The lowest BCUT2D eigenvalue weighted by molar-refractivity contribution is -0.134. The Labute approximate surface area is 183 Å². The molecule has 1 amide bonds. The maximum absolute atomic E-state index is 13.4. The summed E-state index contributed by atoms with van der Waals surface area (Å²) in [6.45, 7) is 2.07. The number of anilines is 1. The SMILES string of the molecule is Cc1sc(NC(=O)C2=C(C(=O)O)C3CCC2CC3)c(-c2nc(C3CC3)no2)c1C1CC1. The second-order valence-corrected chi connectivity index (χ2v) is 10.6. The second-order valence-electron chi connectivity index (χ2n) is 9.42. The van der Waals surface area contributed by atoms with E-state index in [1.165, 1.54) is 16.9 Å². The minimum absolute atomic E-state index is 0.00754. The molecule has 2 heterocycles. The molecule has 0 aliphatic heterocycles. The van der Waals surface area contributed by atoms with Crippen LogP contribution in [0.3, 0.4) is 0 Å². The molecule has 3 saturated carbocycles. The van der Waals surface area contributed by atoms with Gasteiger partial charge in [0, 0.05) is 21.9 Å². The van der Waals surface area contributed by atoms with Gasteiger partial charge in [0.1, 0.15) is 5.00 Å². The monoisotopic (exact) mass is 439 g/mol. The van der Waals surface area contributed by atoms with Crippen molar-refractivity contribution in [1.82, 2.24) is 10.1 Å². The summed E-state index contributed by atoms with van der Waals surface area (Å²) < 4.78 is 5.65. The number of aliphatic carboxylic acids is 1. The highest BCUT2D eigenvalue weighted by Gasteiger charge is 2.42. The number of aromatic nitrogens is 2. The molecule has 31 heavy (non-hydrogen) atoms. The van der Waals surface area contributed by atoms with Crippen molar-refractivity contribution < 1.29 is 19.2 Å². The largest absolute Gasteiger partial charge is 0.478 e. The highest BCUT2D eigenvalue weighted by molar-refractivity contribution is 7.17. The van der Waals surface area contributed by atoms with Gasteiger partial charge in [0.15, 0.2) is 5.82 Å². The summed E-state index contributed by atoms with van der Waals surface area (Å²) in [5.74, 6) is 0.873. The predicted octanol–water partition coefficient (Wildman–Crippen LogP) is 5.00. The molecule has 2 aromatic heterocycles. The van der Waals surface area contributed by atoms with Crippen LogP contribution >= 0.6 is 11.3 Å². The molecule has 7 nitrogen and oxygen atoms in total. The van der Waals surface area contributed by atoms with Gasteiger partial charge < -0.3 is 14.9 Å². The minimum atomic E-state index is -0.952. The molecule has 0 radical (unpaired) electrons. The molecule has 2 aromatic rings. The number of aryl methyl sites for hydroxylation is 1. The molecule has 7 rings (SSSR count). The average molecular weight is 440 g/mol. The first-order chi connectivity index (χ1) is 15.0. The highest BCUT2D eigenvalue weighted by Crippen LogP contribution is 2.53. The Kier molecular flexibility index (Phi) is 4.35. The smallest absolute Gasteiger partial charge is 0.332 e. The van der Waals surface area contributed by atoms with E-state index >= 15 is 0 Å². The summed E-state index contributed by atoms with van der Waals surface area (Å²) in [6, 6.07) is 0. The fraction of sp³-hybridized carbons (Fsp3) is 0.565. The molecule has 0 aromatic carbocycles. The summed E-state index contributed by atoms with van der Waals surface area (Å²) in [5.41, 5.74) is 2.84. The van der Waals surface area contributed by atoms with Gasteiger partial charge in [0.2, 0.25) is 0 Å². The summed E-state index contributed by atoms with van der Waals surface area (Å²) in [6.07, 6.45) is 7.95. The van der Waals surface area contributed by atoms with Gasteiger partial charge in [-0.1, -0.05) is 5.16 Å². The van der Waals surface area contributed by atoms with Gasteiger partial charge in [-0.25, -0.2) is 4.79 Å². The van der Waals surface area contributed by atoms with Crippen molar-refractivity contribution in [2.24, 2.45) is 11.8 Å². The van der Waals surface area contributed by atoms with Crippen molar-refractivity contribution in [2.75, 3.05) is 5.32 Å². The van der Waals surface area contributed by atoms with E-state index in [4.69, 9.17) is 4.52 Å². The topological polar surface area (TPSA) is 105 Å². The van der Waals surface area contributed by atoms with Gasteiger partial charge in [-0.3, -0.25) is 4.79 Å². The van der Waals surface area contributed by atoms with Gasteiger partial charge in [-0.15, -0.1) is 11.3 Å². The Morgan fingerprint density at radius 1 is 0.968 bits per heavy atom. The molecule has 0 atom stereocenters. The first kappa shape index (κ1) is 19.2. The number of amides is 1. The zero-order valence-electron chi connectivity index (χ0n) is 17.4. The van der Waals surface area contributed by atoms with Gasteiger partial charge in [0.05, 0.1) is 5.56 Å². The Balaban J connectivity index is 1.39. The van der Waals surface area contributed by atoms with E-state index in [0.717, 1.165) is 67.6 Å². The van der Waals surface area contributed by atoms with Crippen LogP contribution in [0.15, 0.2) is 15.7 Å². The standard InChI is InChI=1S/C23H25N3O4S/c1-10-15(11-2-3-11)18(21-24-19(26-30-21)14-8-9-14)22(31-10)25-20(27)16-12-4-6-13(7-5-12)17(16)23(28)29/h11-14H,2-9H2,1H3,(H,25,27)(H,28,29). The third-order valence-corrected chi connectivity index (χ3v) is 8.29. The number of hydrogen-bond acceptors (Lipinski definition) is 6. The van der Waals surface area contributed by atoms with Crippen molar-refractivity contribution in [2.45, 2.75) is 70.1 Å². The van der Waals surface area contributed by atoms with Gasteiger partial charge in [-0.2, -0.15) is 4.98 Å². The number of nitrogens with zero attached hydrogens (tertiary/aromatic N) is 2. The number of nitrogens with one attached hydrogen (secondary N) is 1. The van der Waals surface area contributed by atoms with E-state index in [1.807, 2.05) is 0 Å². The van der Waals surface area contributed by atoms with Crippen LogP contribution in [-0.2, 0) is 9.59 Å². The minimum Gasteiger partial charge on any atom is -0.478 e. The zero-order chi connectivity index (χ0) is 21.3. The van der Waals surface area contributed by atoms with Crippen LogP contribution in [0.5, 0.6) is 0 Å². The second kappa shape index (κ2) is 7.02. The number of thiophene rings is 1. The van der Waals surface area contributed by atoms with E-state index in [1.54, 1.807) is 0 Å². The molecule has 2 N–H and O–H groups in total. The van der Waals surface area contributed by atoms with E-state index in [0.29, 0.717) is 33.9 Å². The quantitative estimate of drug-likeness (QED) is 0.656. The number of rotatable bonds is 6. The number of carboxylic acids is 1. The normalized spacial score (nSPS) is 25.2. The third kappa shape index (κ3) is 3.23. The lowest BCUT2D eigenvalue weighted by Crippen LogP contribution is -2.35. The molecule has 0 spiro atoms. The van der Waals surface area contributed by atoms with Crippen LogP contribution in [0.25, 0.3) is 11.5 Å². The molecule has 5 aliphatic carbocycles. The third-order valence-electron chi connectivity index (χ3n) is 7.25. The molecule has 8 heteroatoms. The van der Waals surface area contributed by atoms with Crippen LogP contribution in [-0.4, -0.2) is 27.1 Å². The maximum atomic E-state index is 13.4. The van der Waals surface area contributed by atoms with Gasteiger partial charge in [0.25, 0.3) is 11.8 Å². The zero-order valence-corrected chi connectivity index (χ0v) is 18.3. The Morgan fingerprint density at radius 3 is 2.19 bits per heavy atom. The van der Waals surface area contributed by atoms with Crippen molar-refractivity contribution >= 4 is 28.2 Å². The van der Waals surface area contributed by atoms with Crippen molar-refractivity contribution in [3.8, 4) is 11.5 Å². The number of carbonyl (C=O) groups is 2. The number of carboxylic acid groups (broad SMARTS) is 1. The van der Waals surface area contributed by atoms with Crippen LogP contribution in [0, 0.1) is 18.8 Å². The van der Waals surface area contributed by atoms with E-state index in [9.17, 15) is 14.7 Å². The Bertz CT molecular complexity index is 1110. The fourth-order valence-corrected chi connectivity index (χ4v) is 6.57. The first-order valence-corrected chi connectivity index (χ1v) is 12.1. The lowest BCUT2D eigenvalue weighted by atomic mass is 9.66. The highest BCUT2D eigenvalue weighted by atomic mass is 32.1. The number of carbonyl (C=O) groups excluding carboxylic acids is 1. The average Bonchev–Trinajstić information content (AvgIpc) is 3.70. The molecular formula is C23H25N3O4S. The van der Waals surface area contributed by atoms with E-state index in [2.05, 4.69) is 22.4 Å². The molecule has 3 fully saturated rings. The summed E-state index contributed by atoms with van der Waals surface area (Å²) in [5, 5.41) is 17.8. The lowest BCUT2D eigenvalue weighted by Gasteiger charge is -2.37. The maximum Gasteiger partial charge on any atom is 0.332 e. The summed E-state index contributed by atoms with van der Waals surface area (Å²) in [4.78, 5) is 31.2. The number of hydrogen-bond donors (Lipinski definition) is 2. The van der Waals surface area contributed by atoms with Gasteiger partial charge >= 0.3 is 5.97 Å². The number of fused-ring (bicyclic) bond motifs is 2. The van der Waals surface area contributed by atoms with Crippen LogP contribution < -0.4 is 5.32 Å². The molecule has 2 bridgehead atoms. The van der Waals surface area contributed by atoms with E-state index in [-0.39, 0.29) is 17.7 Å². The first-order valence-electron chi connectivity index (χ1n) is 11.3. The molecule has 162 valence electrons. The van der Waals surface area contributed by atoms with Crippen molar-refractivity contribution in [3.63, 3.8) is 0 Å². The summed E-state index contributed by atoms with van der Waals surface area (Å²) in [7, 11) is 0. The molecule has 0 saturated heterocycles. The van der Waals surface area contributed by atoms with E-state index < -0.39 is 5.97 Å². The van der Waals surface area contributed by atoms with Crippen LogP contribution in [0.2, 0.25) is 0 Å². The Morgan fingerprint density at radius 2 is 1.58 bits per heavy atom. The van der Waals surface area contributed by atoms with Crippen molar-refractivity contribution in [3.05, 3.63) is 27.4 Å².